The van der Waals surface area contributed by atoms with Crippen LogP contribution in [0.2, 0.25) is 0 Å². The van der Waals surface area contributed by atoms with Gasteiger partial charge in [-0.2, -0.15) is 0 Å². The van der Waals surface area contributed by atoms with Crippen molar-refractivity contribution in [2.45, 2.75) is 110 Å². The fourth-order valence-electron chi connectivity index (χ4n) is 8.56. The van der Waals surface area contributed by atoms with E-state index in [0.29, 0.717) is 36.0 Å². The van der Waals surface area contributed by atoms with E-state index in [2.05, 4.69) is 59.8 Å². The molecule has 0 unspecified atom stereocenters. The van der Waals surface area contributed by atoms with Crippen LogP contribution in [-0.4, -0.2) is 33.6 Å². The molecule has 4 fully saturated rings. The smallest absolute Gasteiger partial charge is 0.144 e. The molecule has 32 heavy (non-hydrogen) atoms. The average molecular weight is 445 g/mol. The van der Waals surface area contributed by atoms with Crippen molar-refractivity contribution in [2.75, 3.05) is 0 Å². The lowest BCUT2D eigenvalue weighted by Gasteiger charge is -2.60. The summed E-state index contributed by atoms with van der Waals surface area (Å²) in [5.41, 5.74) is -0.0297. The second kappa shape index (κ2) is 7.41. The maximum atomic E-state index is 11.4. The van der Waals surface area contributed by atoms with Gasteiger partial charge in [-0.1, -0.05) is 59.8 Å². The van der Waals surface area contributed by atoms with Crippen molar-refractivity contribution in [3.63, 3.8) is 0 Å². The molecule has 5 rings (SSSR count). The number of aliphatic hydroxyl groups is 2. The van der Waals surface area contributed by atoms with Gasteiger partial charge in [0.1, 0.15) is 17.3 Å². The van der Waals surface area contributed by atoms with Gasteiger partial charge in [0.2, 0.25) is 0 Å². The number of aliphatic hydroxyl groups excluding tert-OH is 2. The van der Waals surface area contributed by atoms with Crippen molar-refractivity contribution >= 4 is 0 Å². The standard InChI is InChI=1S/C28H44O4/c1-17(2)18(3)7-8-19(4)21-9-10-22-23-15-24(30)28-16-20(29)11-12-26(28,6)27(23,31-32-28)14-13-25(21,22)5/h7-8,15,17-22,24,29-30H,9-14,16H2,1-6H3/t18-,19+,20-,21+,22-,24-,25+,26+,27+,28-/m0/s1. The molecule has 1 heterocycles. The number of fused-ring (bicyclic) bond motifs is 2. The number of rotatable bonds is 4. The molecule has 0 aromatic carbocycles. The summed E-state index contributed by atoms with van der Waals surface area (Å²) in [5, 5.41) is 21.8. The van der Waals surface area contributed by atoms with E-state index in [4.69, 9.17) is 9.78 Å². The van der Waals surface area contributed by atoms with Crippen LogP contribution in [0.4, 0.5) is 0 Å². The molecule has 10 atom stereocenters. The van der Waals surface area contributed by atoms with Gasteiger partial charge < -0.3 is 10.2 Å². The molecular weight excluding hydrogens is 400 g/mol. The fraction of sp³-hybridized carbons (Fsp3) is 0.857. The fourth-order valence-corrected chi connectivity index (χ4v) is 8.56. The van der Waals surface area contributed by atoms with Crippen molar-refractivity contribution in [2.24, 2.45) is 40.4 Å². The molecule has 5 aliphatic rings. The summed E-state index contributed by atoms with van der Waals surface area (Å²) in [6.07, 6.45) is 12.4. The predicted octanol–water partition coefficient (Wildman–Crippen LogP) is 5.59. The van der Waals surface area contributed by atoms with Gasteiger partial charge in [0, 0.05) is 11.8 Å². The zero-order valence-electron chi connectivity index (χ0n) is 20.9. The van der Waals surface area contributed by atoms with E-state index in [1.165, 1.54) is 12.0 Å². The van der Waals surface area contributed by atoms with Gasteiger partial charge in [-0.3, -0.25) is 0 Å². The average Bonchev–Trinajstić information content (AvgIpc) is 3.18. The van der Waals surface area contributed by atoms with E-state index in [1.807, 2.05) is 0 Å². The normalized spacial score (nSPS) is 51.8. The Morgan fingerprint density at radius 1 is 0.969 bits per heavy atom. The first-order valence-corrected chi connectivity index (χ1v) is 13.1. The molecule has 1 saturated heterocycles. The molecule has 4 heteroatoms. The highest BCUT2D eigenvalue weighted by molar-refractivity contribution is 5.42. The summed E-state index contributed by atoms with van der Waals surface area (Å²) in [6, 6.07) is 0. The van der Waals surface area contributed by atoms with Gasteiger partial charge in [-0.25, -0.2) is 9.78 Å². The van der Waals surface area contributed by atoms with Gasteiger partial charge in [0.05, 0.1) is 6.10 Å². The highest BCUT2D eigenvalue weighted by atomic mass is 17.2. The minimum atomic E-state index is -0.817. The molecule has 4 nitrogen and oxygen atoms in total. The van der Waals surface area contributed by atoms with Crippen LogP contribution in [0.25, 0.3) is 0 Å². The third-order valence-corrected chi connectivity index (χ3v) is 11.2. The van der Waals surface area contributed by atoms with E-state index >= 15 is 0 Å². The van der Waals surface area contributed by atoms with E-state index in [-0.39, 0.29) is 10.8 Å². The quantitative estimate of drug-likeness (QED) is 0.438. The molecular formula is C28H44O4. The Balaban J connectivity index is 1.47. The Hall–Kier alpha value is -0.680. The zero-order chi connectivity index (χ0) is 23.1. The Labute approximate surface area is 194 Å². The predicted molar refractivity (Wildman–Crippen MR) is 126 cm³/mol. The summed E-state index contributed by atoms with van der Waals surface area (Å²) in [7, 11) is 0. The zero-order valence-corrected chi connectivity index (χ0v) is 20.9. The topological polar surface area (TPSA) is 58.9 Å². The lowest BCUT2D eigenvalue weighted by atomic mass is 9.44. The molecule has 2 N–H and O–H groups in total. The summed E-state index contributed by atoms with van der Waals surface area (Å²) in [4.78, 5) is 12.4. The number of hydrogen-bond donors (Lipinski definition) is 2. The molecule has 3 saturated carbocycles. The van der Waals surface area contributed by atoms with Crippen molar-refractivity contribution in [3.8, 4) is 0 Å². The maximum Gasteiger partial charge on any atom is 0.144 e. The van der Waals surface area contributed by atoms with Crippen molar-refractivity contribution in [3.05, 3.63) is 23.8 Å². The van der Waals surface area contributed by atoms with Gasteiger partial charge >= 0.3 is 0 Å². The van der Waals surface area contributed by atoms with Crippen LogP contribution in [-0.2, 0) is 9.78 Å². The molecule has 4 aliphatic carbocycles. The van der Waals surface area contributed by atoms with Crippen LogP contribution in [0.5, 0.6) is 0 Å². The second-order valence-corrected chi connectivity index (χ2v) is 12.8. The van der Waals surface area contributed by atoms with Crippen molar-refractivity contribution in [1.82, 2.24) is 0 Å². The third kappa shape index (κ3) is 2.76. The van der Waals surface area contributed by atoms with Crippen LogP contribution in [0.3, 0.4) is 0 Å². The molecule has 1 spiro atoms. The van der Waals surface area contributed by atoms with Crippen LogP contribution in [0.15, 0.2) is 23.8 Å². The maximum absolute atomic E-state index is 11.4. The summed E-state index contributed by atoms with van der Waals surface area (Å²) in [5.74, 6) is 2.90. The molecule has 0 amide bonds. The van der Waals surface area contributed by atoms with Crippen LogP contribution < -0.4 is 0 Å². The van der Waals surface area contributed by atoms with E-state index in [9.17, 15) is 10.2 Å². The van der Waals surface area contributed by atoms with Crippen LogP contribution >= 0.6 is 0 Å². The molecule has 180 valence electrons. The van der Waals surface area contributed by atoms with Crippen LogP contribution in [0, 0.1) is 40.4 Å². The molecule has 1 aliphatic heterocycles. The van der Waals surface area contributed by atoms with Gasteiger partial charge in [-0.05, 0) is 79.1 Å². The van der Waals surface area contributed by atoms with E-state index in [0.717, 1.165) is 32.1 Å². The largest absolute Gasteiger partial charge is 0.393 e. The lowest BCUT2D eigenvalue weighted by Crippen LogP contribution is -2.67. The van der Waals surface area contributed by atoms with E-state index < -0.39 is 23.4 Å². The first-order chi connectivity index (χ1) is 15.0. The molecule has 2 bridgehead atoms. The first kappa shape index (κ1) is 23.1. The Bertz CT molecular complexity index is 818. The summed E-state index contributed by atoms with van der Waals surface area (Å²) < 4.78 is 0. The second-order valence-electron chi connectivity index (χ2n) is 12.8. The minimum Gasteiger partial charge on any atom is -0.393 e. The summed E-state index contributed by atoms with van der Waals surface area (Å²) in [6.45, 7) is 14.1. The van der Waals surface area contributed by atoms with Crippen LogP contribution in [0.1, 0.15) is 86.5 Å². The SMILES string of the molecule is CC(C)[C@@H](C)C=C[C@@H](C)[C@H]1CC[C@H]2C3=C[C@H](O)[C@@]45C[C@@H](O)CC[C@]4(C)[C@]3(CC[C@]12C)OO5. The minimum absolute atomic E-state index is 0.220. The first-order valence-electron chi connectivity index (χ1n) is 13.1. The van der Waals surface area contributed by atoms with Gasteiger partial charge in [0.15, 0.2) is 0 Å². The van der Waals surface area contributed by atoms with Gasteiger partial charge in [-0.15, -0.1) is 0 Å². The molecule has 0 aromatic rings. The lowest BCUT2D eigenvalue weighted by molar-refractivity contribution is -0.357. The Morgan fingerprint density at radius 3 is 2.44 bits per heavy atom. The Morgan fingerprint density at radius 2 is 1.72 bits per heavy atom. The van der Waals surface area contributed by atoms with Crippen molar-refractivity contribution in [1.29, 1.82) is 0 Å². The third-order valence-electron chi connectivity index (χ3n) is 11.2. The van der Waals surface area contributed by atoms with Crippen molar-refractivity contribution < 1.29 is 20.0 Å². The molecule has 0 radical (unpaired) electrons. The van der Waals surface area contributed by atoms with E-state index in [1.54, 1.807) is 0 Å². The number of hydrogen-bond acceptors (Lipinski definition) is 4. The highest BCUT2D eigenvalue weighted by Crippen LogP contribution is 2.73. The van der Waals surface area contributed by atoms with Gasteiger partial charge in [0.25, 0.3) is 0 Å². The molecule has 0 aromatic heterocycles. The summed E-state index contributed by atoms with van der Waals surface area (Å²) >= 11 is 0. The Kier molecular flexibility index (Phi) is 5.34. The number of allylic oxidation sites excluding steroid dienone is 2. The monoisotopic (exact) mass is 444 g/mol. The highest BCUT2D eigenvalue weighted by Gasteiger charge is 2.78.